The van der Waals surface area contributed by atoms with Crippen molar-refractivity contribution < 1.29 is 44.2 Å². The Morgan fingerprint density at radius 3 is 2.38 bits per heavy atom. The number of pyridine rings is 1. The quantitative estimate of drug-likeness (QED) is 0.173. The van der Waals surface area contributed by atoms with E-state index >= 15 is 0 Å². The molecule has 1 aromatic rings. The molecule has 4 N–H and O–H groups in total. The molecule has 2 rings (SSSR count). The number of amides is 1. The second-order valence-electron chi connectivity index (χ2n) is 4.20. The van der Waals surface area contributed by atoms with Crippen LogP contribution in [-0.4, -0.2) is 39.0 Å². The normalized spacial score (nSPS) is 14.9. The largest absolute Gasteiger partial charge is 2.00 e. The Kier molecular flexibility index (Phi) is 10.4. The summed E-state index contributed by atoms with van der Waals surface area (Å²) in [6, 6.07) is 3.19. The van der Waals surface area contributed by atoms with Crippen molar-refractivity contribution in [2.75, 3.05) is 0 Å². The minimum atomic E-state index is -4.67. The molecule has 1 heterocycles. The first-order valence-electron chi connectivity index (χ1n) is 6.20. The number of carbonyl (C=O) groups is 1. The van der Waals surface area contributed by atoms with E-state index in [0.29, 0.717) is 10.6 Å². The maximum absolute atomic E-state index is 11.7. The van der Waals surface area contributed by atoms with Crippen LogP contribution in [-0.2, 0) is 32.3 Å². The van der Waals surface area contributed by atoms with Gasteiger partial charge < -0.3 is 20.0 Å². The fraction of sp³-hybridized carbons (Fsp3) is 0. The predicted octanol–water partition coefficient (Wildman–Crippen LogP) is 0.691. The van der Waals surface area contributed by atoms with Gasteiger partial charge in [0.2, 0.25) is 5.78 Å². The van der Waals surface area contributed by atoms with E-state index in [4.69, 9.17) is 40.7 Å². The molecule has 0 aromatic carbocycles. The second kappa shape index (κ2) is 11.1. The van der Waals surface area contributed by atoms with Crippen molar-refractivity contribution >= 4 is 45.3 Å². The molecule has 0 unspecified atom stereocenters. The van der Waals surface area contributed by atoms with Crippen LogP contribution >= 0.6 is 23.2 Å². The first-order valence-corrected chi connectivity index (χ1v) is 8.36. The third kappa shape index (κ3) is 9.68. The number of rotatable bonds is 3. The molecule has 0 saturated heterocycles. The summed E-state index contributed by atoms with van der Waals surface area (Å²) in [6.07, 6.45) is 7.16. The van der Waals surface area contributed by atoms with E-state index in [9.17, 15) is 9.59 Å². The minimum absolute atomic E-state index is 0. The van der Waals surface area contributed by atoms with Crippen LogP contribution in [0.4, 0.5) is 0 Å². The first-order chi connectivity index (χ1) is 11.6. The van der Waals surface area contributed by atoms with E-state index in [1.165, 1.54) is 30.7 Å². The number of allylic oxidation sites excluding steroid dienone is 5. The van der Waals surface area contributed by atoms with Gasteiger partial charge in [0.05, 0.1) is 10.6 Å². The molecule has 0 saturated carbocycles. The van der Waals surface area contributed by atoms with Crippen LogP contribution in [0.1, 0.15) is 5.56 Å². The summed E-state index contributed by atoms with van der Waals surface area (Å²) in [5.74, 6) is -0.605. The minimum Gasteiger partial charge on any atom is -0.683 e. The van der Waals surface area contributed by atoms with Gasteiger partial charge in [-0.05, 0) is 30.5 Å². The number of ketones is 1. The summed E-state index contributed by atoms with van der Waals surface area (Å²) in [5, 5.41) is 0.359. The van der Waals surface area contributed by atoms with Gasteiger partial charge in [0.25, 0.3) is 5.91 Å². The molecule has 0 fully saturated rings. The summed E-state index contributed by atoms with van der Waals surface area (Å²) < 4.78 is 31.6. The number of carbonyl (C=O) groups excluding carboxylic acids is 2. The number of hydrogen-bond donors (Lipinski definition) is 1. The van der Waals surface area contributed by atoms with Gasteiger partial charge in [0.1, 0.15) is 0 Å². The smallest absolute Gasteiger partial charge is 0.683 e. The van der Waals surface area contributed by atoms with Crippen LogP contribution in [0.15, 0.2) is 58.5 Å². The Labute approximate surface area is 169 Å². The van der Waals surface area contributed by atoms with Crippen LogP contribution in [0.2, 0.25) is 0 Å². The predicted molar refractivity (Wildman–Crippen MR) is 91.0 cm³/mol. The van der Waals surface area contributed by atoms with Crippen molar-refractivity contribution in [1.82, 2.24) is 10.4 Å². The van der Waals surface area contributed by atoms with E-state index < -0.39 is 10.4 Å². The maximum Gasteiger partial charge on any atom is 2.00 e. The monoisotopic (exact) mass is 463 g/mol. The van der Waals surface area contributed by atoms with Crippen molar-refractivity contribution in [2.45, 2.75) is 0 Å². The summed E-state index contributed by atoms with van der Waals surface area (Å²) in [6.45, 7) is 0. The van der Waals surface area contributed by atoms with E-state index in [1.807, 2.05) is 0 Å². The van der Waals surface area contributed by atoms with E-state index in [1.54, 1.807) is 12.1 Å². The van der Waals surface area contributed by atoms with Crippen molar-refractivity contribution in [1.29, 1.82) is 0 Å². The number of nitrogens with zero attached hydrogens (tertiary/aromatic N) is 2. The van der Waals surface area contributed by atoms with Gasteiger partial charge in [-0.15, -0.1) is 0 Å². The number of Topliss-reactive ketones (excluding diaryl/α,β-unsaturated/α-hetero) is 1. The fourth-order valence-electron chi connectivity index (χ4n) is 1.42. The van der Waals surface area contributed by atoms with Crippen molar-refractivity contribution in [3.63, 3.8) is 0 Å². The zero-order valence-electron chi connectivity index (χ0n) is 12.5. The molecule has 140 valence electrons. The van der Waals surface area contributed by atoms with Gasteiger partial charge in [-0.3, -0.25) is 14.6 Å². The van der Waals surface area contributed by atoms with Gasteiger partial charge in [0.15, 0.2) is 0 Å². The summed E-state index contributed by atoms with van der Waals surface area (Å²) in [7, 11) is -4.67. The zero-order chi connectivity index (χ0) is 19.0. The van der Waals surface area contributed by atoms with Gasteiger partial charge in [-0.2, -0.15) is 8.42 Å². The number of hydrogen-bond acceptors (Lipinski definition) is 6. The molecular formula is C13H11Cl2FeN3O6S+2. The Balaban J connectivity index is 0.000000923. The fourth-order valence-corrected chi connectivity index (χ4v) is 1.93. The molecule has 1 aliphatic rings. The summed E-state index contributed by atoms with van der Waals surface area (Å²) in [5.41, 5.74) is 6.91. The van der Waals surface area contributed by atoms with E-state index in [0.717, 1.165) is 0 Å². The molecule has 0 spiro atoms. The molecule has 1 amide bonds. The van der Waals surface area contributed by atoms with Crippen LogP contribution in [0.25, 0.3) is 5.43 Å². The van der Waals surface area contributed by atoms with Crippen LogP contribution < -0.4 is 5.43 Å². The topological polar surface area (TPSA) is 158 Å². The standard InChI is InChI=1S/C13H9Cl2N3O2.Fe.H2O4S/c14-10-5-9(12(19)11(15)6-10)7-17-18-13(20)8-1-3-16-4-2-8;;1-5(2,3)4/h1-7H,(H2,16,17,18,19,20);;(H2,1,2,3,4)/q;+2;. The van der Waals surface area contributed by atoms with Gasteiger partial charge in [0, 0.05) is 23.0 Å². The summed E-state index contributed by atoms with van der Waals surface area (Å²) >= 11 is 11.5. The van der Waals surface area contributed by atoms with Crippen LogP contribution in [0, 0.1) is 0 Å². The van der Waals surface area contributed by atoms with Crippen molar-refractivity contribution in [3.8, 4) is 0 Å². The average Bonchev–Trinajstić information content (AvgIpc) is 2.51. The van der Waals surface area contributed by atoms with Gasteiger partial charge in [-0.25, -0.2) is 0 Å². The molecule has 1 aromatic heterocycles. The SMILES string of the molecule is O=C1C(Cl)=CC(Cl)=CC1=CN[N-]C(=[OH+])c1ccncc1.O=S(=O)([O-])[OH2+].[Fe+2]. The van der Waals surface area contributed by atoms with E-state index in [-0.39, 0.29) is 39.4 Å². The number of aromatic nitrogens is 1. The number of halogens is 2. The molecule has 1 aliphatic carbocycles. The molecule has 13 heteroatoms. The molecule has 0 aliphatic heterocycles. The third-order valence-electron chi connectivity index (χ3n) is 2.37. The van der Waals surface area contributed by atoms with Crippen molar-refractivity contribution in [3.05, 3.63) is 69.5 Å². The molecule has 0 radical (unpaired) electrons. The Hall–Kier alpha value is -1.72. The molecular weight excluding hydrogens is 453 g/mol. The first kappa shape index (κ1) is 24.3. The van der Waals surface area contributed by atoms with Gasteiger partial charge >= 0.3 is 27.5 Å². The Morgan fingerprint density at radius 2 is 1.85 bits per heavy atom. The van der Waals surface area contributed by atoms with Crippen molar-refractivity contribution in [2.24, 2.45) is 0 Å². The molecule has 0 bridgehead atoms. The molecule has 26 heavy (non-hydrogen) atoms. The van der Waals surface area contributed by atoms with Crippen LogP contribution in [0.3, 0.4) is 0 Å². The van der Waals surface area contributed by atoms with E-state index in [2.05, 4.69) is 15.8 Å². The second-order valence-corrected chi connectivity index (χ2v) is 5.96. The molecule has 9 nitrogen and oxygen atoms in total. The van der Waals surface area contributed by atoms with Crippen LogP contribution in [0.5, 0.6) is 0 Å². The maximum atomic E-state index is 11.7. The zero-order valence-corrected chi connectivity index (χ0v) is 16.0. The average molecular weight is 464 g/mol. The Morgan fingerprint density at radius 1 is 1.31 bits per heavy atom. The third-order valence-corrected chi connectivity index (χ3v) is 2.87. The summed E-state index contributed by atoms with van der Waals surface area (Å²) in [4.78, 5) is 25.2. The number of nitrogens with one attached hydrogen (secondary N) is 1. The van der Waals surface area contributed by atoms with Gasteiger partial charge in [-0.1, -0.05) is 23.2 Å². The Bertz CT molecular complexity index is 848. The molecule has 0 atom stereocenters.